The van der Waals surface area contributed by atoms with Gasteiger partial charge < -0.3 is 10.0 Å². The number of benzene rings is 2. The van der Waals surface area contributed by atoms with Crippen molar-refractivity contribution in [2.45, 2.75) is 19.9 Å². The zero-order chi connectivity index (χ0) is 15.6. The predicted molar refractivity (Wildman–Crippen MR) is 87.5 cm³/mol. The molecule has 2 aromatic rings. The topological polar surface area (TPSA) is 40.5 Å². The minimum Gasteiger partial charge on any atom is -0.508 e. The van der Waals surface area contributed by atoms with Gasteiger partial charge in [0, 0.05) is 11.5 Å². The smallest absolute Gasteiger partial charge is 0.255 e. The maximum Gasteiger partial charge on any atom is 0.255 e. The molecule has 0 fully saturated rings. The molecule has 3 nitrogen and oxygen atoms in total. The molecule has 2 rings (SSSR count). The average Bonchev–Trinajstić information content (AvgIpc) is 2.48. The minimum atomic E-state index is -0.0782. The molecule has 1 atom stereocenters. The minimum absolute atomic E-state index is 0.0360. The lowest BCUT2D eigenvalue weighted by Gasteiger charge is -2.26. The van der Waals surface area contributed by atoms with E-state index >= 15 is 0 Å². The molecule has 0 aliphatic rings. The lowest BCUT2D eigenvalue weighted by molar-refractivity contribution is 0.0741. The molecule has 1 N–H and O–H groups in total. The molecule has 4 heteroatoms. The summed E-state index contributed by atoms with van der Waals surface area (Å²) in [6.45, 7) is 3.93. The van der Waals surface area contributed by atoms with Gasteiger partial charge in [0.1, 0.15) is 5.75 Å². The summed E-state index contributed by atoms with van der Waals surface area (Å²) < 4.78 is 0.794. The van der Waals surface area contributed by atoms with E-state index in [0.717, 1.165) is 15.6 Å². The highest BCUT2D eigenvalue weighted by molar-refractivity contribution is 9.10. The van der Waals surface area contributed by atoms with E-state index in [1.54, 1.807) is 24.1 Å². The number of phenolic OH excluding ortho intramolecular Hbond substituents is 1. The third kappa shape index (κ3) is 3.45. The number of aromatic hydroxyl groups is 1. The van der Waals surface area contributed by atoms with Crippen molar-refractivity contribution >= 4 is 21.8 Å². The first-order valence-corrected chi connectivity index (χ1v) is 7.51. The van der Waals surface area contributed by atoms with E-state index in [0.29, 0.717) is 5.56 Å². The van der Waals surface area contributed by atoms with Crippen molar-refractivity contribution in [3.05, 3.63) is 63.6 Å². The molecule has 1 amide bonds. The van der Waals surface area contributed by atoms with Crippen molar-refractivity contribution in [2.75, 3.05) is 7.05 Å². The number of carbonyl (C=O) groups is 1. The molecular weight excluding hydrogens is 330 g/mol. The Morgan fingerprint density at radius 1 is 1.19 bits per heavy atom. The third-order valence-corrected chi connectivity index (χ3v) is 4.32. The Hall–Kier alpha value is -1.81. The number of halogens is 1. The van der Waals surface area contributed by atoms with Crippen LogP contribution in [0.2, 0.25) is 0 Å². The fourth-order valence-electron chi connectivity index (χ4n) is 2.15. The van der Waals surface area contributed by atoms with Crippen molar-refractivity contribution in [1.82, 2.24) is 4.90 Å². The molecule has 0 saturated carbocycles. The van der Waals surface area contributed by atoms with Gasteiger partial charge in [0.05, 0.1) is 11.6 Å². The summed E-state index contributed by atoms with van der Waals surface area (Å²) in [5, 5.41) is 9.34. The van der Waals surface area contributed by atoms with E-state index in [1.165, 1.54) is 0 Å². The molecular formula is C17H18BrNO2. The van der Waals surface area contributed by atoms with E-state index in [-0.39, 0.29) is 17.7 Å². The Labute approximate surface area is 133 Å². The highest BCUT2D eigenvalue weighted by Crippen LogP contribution is 2.25. The first-order valence-electron chi connectivity index (χ1n) is 6.72. The number of nitrogens with zero attached hydrogens (tertiary/aromatic N) is 1. The van der Waals surface area contributed by atoms with Gasteiger partial charge in [-0.05, 0) is 59.6 Å². The van der Waals surface area contributed by atoms with Crippen LogP contribution in [0.3, 0.4) is 0 Å². The molecule has 0 aliphatic carbocycles. The number of hydrogen-bond acceptors (Lipinski definition) is 2. The molecule has 0 spiro atoms. The van der Waals surface area contributed by atoms with E-state index in [2.05, 4.69) is 15.9 Å². The number of amides is 1. The normalized spacial score (nSPS) is 12.0. The highest BCUT2D eigenvalue weighted by Gasteiger charge is 2.20. The van der Waals surface area contributed by atoms with Crippen LogP contribution >= 0.6 is 15.9 Å². The number of carbonyl (C=O) groups excluding carboxylic acids is 1. The van der Waals surface area contributed by atoms with Crippen LogP contribution < -0.4 is 0 Å². The van der Waals surface area contributed by atoms with Crippen LogP contribution in [0, 0.1) is 6.92 Å². The lowest BCUT2D eigenvalue weighted by Crippen LogP contribution is -2.30. The summed E-state index contributed by atoms with van der Waals surface area (Å²) in [5.74, 6) is 0.188. The zero-order valence-corrected chi connectivity index (χ0v) is 13.9. The summed E-state index contributed by atoms with van der Waals surface area (Å²) in [6.07, 6.45) is 0. The van der Waals surface area contributed by atoms with Gasteiger partial charge in [-0.1, -0.05) is 23.8 Å². The van der Waals surface area contributed by atoms with Crippen LogP contribution in [0.25, 0.3) is 0 Å². The van der Waals surface area contributed by atoms with Crippen molar-refractivity contribution in [2.24, 2.45) is 0 Å². The molecule has 2 aromatic carbocycles. The molecule has 1 unspecified atom stereocenters. The molecule has 110 valence electrons. The molecule has 0 aliphatic heterocycles. The van der Waals surface area contributed by atoms with Crippen LogP contribution in [0.5, 0.6) is 5.75 Å². The van der Waals surface area contributed by atoms with Gasteiger partial charge in [0.2, 0.25) is 0 Å². The summed E-state index contributed by atoms with van der Waals surface area (Å²) in [5.41, 5.74) is 2.68. The zero-order valence-electron chi connectivity index (χ0n) is 12.3. The van der Waals surface area contributed by atoms with Gasteiger partial charge in [-0.2, -0.15) is 0 Å². The molecule has 0 bridgehead atoms. The van der Waals surface area contributed by atoms with Gasteiger partial charge >= 0.3 is 0 Å². The van der Waals surface area contributed by atoms with Crippen molar-refractivity contribution in [3.63, 3.8) is 0 Å². The van der Waals surface area contributed by atoms with Gasteiger partial charge in [-0.15, -0.1) is 0 Å². The molecule has 0 heterocycles. The second-order valence-corrected chi connectivity index (χ2v) is 6.02. The summed E-state index contributed by atoms with van der Waals surface area (Å²) in [4.78, 5) is 14.3. The standard InChI is InChI=1S/C17H18BrNO2/c1-11-4-9-16(18)15(10-11)17(21)19(3)12(2)13-5-7-14(20)8-6-13/h4-10,12,20H,1-3H3. The Balaban J connectivity index is 2.26. The third-order valence-electron chi connectivity index (χ3n) is 3.63. The summed E-state index contributed by atoms with van der Waals surface area (Å²) in [7, 11) is 1.79. The molecule has 0 radical (unpaired) electrons. The van der Waals surface area contributed by atoms with Gasteiger partial charge in [-0.25, -0.2) is 0 Å². The Morgan fingerprint density at radius 2 is 1.81 bits per heavy atom. The van der Waals surface area contributed by atoms with E-state index in [9.17, 15) is 9.90 Å². The maximum absolute atomic E-state index is 12.6. The predicted octanol–water partition coefficient (Wildman–Crippen LogP) is 4.30. The van der Waals surface area contributed by atoms with Crippen LogP contribution in [-0.2, 0) is 0 Å². The monoisotopic (exact) mass is 347 g/mol. The van der Waals surface area contributed by atoms with Crippen molar-refractivity contribution < 1.29 is 9.90 Å². The number of aryl methyl sites for hydroxylation is 1. The Bertz CT molecular complexity index is 652. The molecule has 21 heavy (non-hydrogen) atoms. The fraction of sp³-hybridized carbons (Fsp3) is 0.235. The molecule has 0 saturated heterocycles. The van der Waals surface area contributed by atoms with Crippen LogP contribution in [0.15, 0.2) is 46.9 Å². The number of hydrogen-bond donors (Lipinski definition) is 1. The second kappa shape index (κ2) is 6.31. The lowest BCUT2D eigenvalue weighted by atomic mass is 10.1. The van der Waals surface area contributed by atoms with Crippen LogP contribution in [0.4, 0.5) is 0 Å². The first-order chi connectivity index (χ1) is 9.90. The van der Waals surface area contributed by atoms with Crippen molar-refractivity contribution in [1.29, 1.82) is 0 Å². The number of rotatable bonds is 3. The first kappa shape index (κ1) is 15.6. The average molecular weight is 348 g/mol. The van der Waals surface area contributed by atoms with E-state index in [4.69, 9.17) is 0 Å². The van der Waals surface area contributed by atoms with E-state index in [1.807, 2.05) is 44.2 Å². The maximum atomic E-state index is 12.6. The highest BCUT2D eigenvalue weighted by atomic mass is 79.9. The summed E-state index contributed by atoms with van der Waals surface area (Å²) >= 11 is 3.43. The van der Waals surface area contributed by atoms with Gasteiger partial charge in [-0.3, -0.25) is 4.79 Å². The second-order valence-electron chi connectivity index (χ2n) is 5.17. The van der Waals surface area contributed by atoms with Gasteiger partial charge in [0.15, 0.2) is 0 Å². The van der Waals surface area contributed by atoms with Crippen LogP contribution in [-0.4, -0.2) is 23.0 Å². The molecule has 0 aromatic heterocycles. The van der Waals surface area contributed by atoms with Crippen molar-refractivity contribution in [3.8, 4) is 5.75 Å². The van der Waals surface area contributed by atoms with Crippen LogP contribution in [0.1, 0.15) is 34.5 Å². The van der Waals surface area contributed by atoms with Gasteiger partial charge in [0.25, 0.3) is 5.91 Å². The number of phenols is 1. The Kier molecular flexibility index (Phi) is 4.68. The largest absolute Gasteiger partial charge is 0.508 e. The Morgan fingerprint density at radius 3 is 2.43 bits per heavy atom. The van der Waals surface area contributed by atoms with E-state index < -0.39 is 0 Å². The SMILES string of the molecule is Cc1ccc(Br)c(C(=O)N(C)C(C)c2ccc(O)cc2)c1. The quantitative estimate of drug-likeness (QED) is 0.899. The summed E-state index contributed by atoms with van der Waals surface area (Å²) in [6, 6.07) is 12.6. The fourth-order valence-corrected chi connectivity index (χ4v) is 2.56.